The van der Waals surface area contributed by atoms with E-state index in [1.165, 1.54) is 6.07 Å². The minimum atomic E-state index is -1.09. The predicted octanol–water partition coefficient (Wildman–Crippen LogP) is 3.46. The molecule has 0 saturated carbocycles. The number of carboxylic acid groups (broad SMARTS) is 1. The Morgan fingerprint density at radius 3 is 2.14 bits per heavy atom. The number of ketones is 1. The Bertz CT molecular complexity index is 676. The highest BCUT2D eigenvalue weighted by molar-refractivity contribution is 6.14. The SMILES string of the molecule is CCN(CC)c1ccc(C(=O)O)c(C(=O)c2ccccc2)c1. The van der Waals surface area contributed by atoms with Crippen molar-refractivity contribution in [1.82, 2.24) is 0 Å². The van der Waals surface area contributed by atoms with Gasteiger partial charge in [0, 0.05) is 29.9 Å². The molecule has 0 aromatic heterocycles. The zero-order valence-electron chi connectivity index (χ0n) is 12.7. The molecule has 0 amide bonds. The van der Waals surface area contributed by atoms with Gasteiger partial charge in [-0.3, -0.25) is 4.79 Å². The van der Waals surface area contributed by atoms with E-state index in [9.17, 15) is 14.7 Å². The molecule has 114 valence electrons. The highest BCUT2D eigenvalue weighted by Gasteiger charge is 2.19. The number of rotatable bonds is 6. The van der Waals surface area contributed by atoms with Crippen LogP contribution < -0.4 is 4.90 Å². The first-order valence-corrected chi connectivity index (χ1v) is 7.30. The maximum atomic E-state index is 12.6. The molecule has 0 aliphatic carbocycles. The van der Waals surface area contributed by atoms with E-state index < -0.39 is 5.97 Å². The van der Waals surface area contributed by atoms with Crippen LogP contribution in [-0.2, 0) is 0 Å². The van der Waals surface area contributed by atoms with Gasteiger partial charge >= 0.3 is 5.97 Å². The van der Waals surface area contributed by atoms with E-state index in [1.54, 1.807) is 36.4 Å². The molecule has 4 heteroatoms. The zero-order chi connectivity index (χ0) is 16.1. The largest absolute Gasteiger partial charge is 0.478 e. The molecule has 1 N–H and O–H groups in total. The van der Waals surface area contributed by atoms with Crippen LogP contribution in [0.5, 0.6) is 0 Å². The van der Waals surface area contributed by atoms with Crippen molar-refractivity contribution in [3.8, 4) is 0 Å². The molecule has 0 spiro atoms. The van der Waals surface area contributed by atoms with Crippen molar-refractivity contribution < 1.29 is 14.7 Å². The molecule has 0 saturated heterocycles. The summed E-state index contributed by atoms with van der Waals surface area (Å²) >= 11 is 0. The van der Waals surface area contributed by atoms with Crippen molar-refractivity contribution in [3.05, 3.63) is 65.2 Å². The van der Waals surface area contributed by atoms with E-state index in [0.717, 1.165) is 18.8 Å². The summed E-state index contributed by atoms with van der Waals surface area (Å²) in [4.78, 5) is 26.1. The molecule has 0 atom stereocenters. The van der Waals surface area contributed by atoms with Gasteiger partial charge in [-0.2, -0.15) is 0 Å². The standard InChI is InChI=1S/C18H19NO3/c1-3-19(4-2)14-10-11-15(18(21)22)16(12-14)17(20)13-8-6-5-7-9-13/h5-12H,3-4H2,1-2H3,(H,21,22). The lowest BCUT2D eigenvalue weighted by Crippen LogP contribution is -2.22. The average Bonchev–Trinajstić information content (AvgIpc) is 2.56. The van der Waals surface area contributed by atoms with Gasteiger partial charge in [0.25, 0.3) is 0 Å². The molecule has 0 fully saturated rings. The fourth-order valence-corrected chi connectivity index (χ4v) is 2.44. The number of anilines is 1. The summed E-state index contributed by atoms with van der Waals surface area (Å²) in [6.45, 7) is 5.63. The lowest BCUT2D eigenvalue weighted by atomic mass is 9.97. The van der Waals surface area contributed by atoms with Gasteiger partial charge in [0.15, 0.2) is 5.78 Å². The van der Waals surface area contributed by atoms with Crippen LogP contribution >= 0.6 is 0 Å². The average molecular weight is 297 g/mol. The Balaban J connectivity index is 2.53. The second-order valence-corrected chi connectivity index (χ2v) is 4.90. The molecule has 0 radical (unpaired) electrons. The second-order valence-electron chi connectivity index (χ2n) is 4.90. The van der Waals surface area contributed by atoms with E-state index in [1.807, 2.05) is 19.9 Å². The number of nitrogens with zero attached hydrogens (tertiary/aromatic N) is 1. The lowest BCUT2D eigenvalue weighted by Gasteiger charge is -2.22. The molecular formula is C18H19NO3. The number of carbonyl (C=O) groups excluding carboxylic acids is 1. The molecular weight excluding hydrogens is 278 g/mol. The first kappa shape index (κ1) is 15.8. The van der Waals surface area contributed by atoms with Gasteiger partial charge in [0.1, 0.15) is 0 Å². The second kappa shape index (κ2) is 6.89. The first-order chi connectivity index (χ1) is 10.6. The molecule has 0 bridgehead atoms. The Morgan fingerprint density at radius 2 is 1.59 bits per heavy atom. The van der Waals surface area contributed by atoms with Crippen LogP contribution in [0.1, 0.15) is 40.1 Å². The minimum Gasteiger partial charge on any atom is -0.478 e. The maximum absolute atomic E-state index is 12.6. The van der Waals surface area contributed by atoms with E-state index in [4.69, 9.17) is 0 Å². The number of carboxylic acids is 1. The summed E-state index contributed by atoms with van der Waals surface area (Å²) in [5, 5.41) is 9.34. The smallest absolute Gasteiger partial charge is 0.336 e. The van der Waals surface area contributed by atoms with E-state index in [-0.39, 0.29) is 16.9 Å². The van der Waals surface area contributed by atoms with Crippen LogP contribution in [0, 0.1) is 0 Å². The summed E-state index contributed by atoms with van der Waals surface area (Å²) in [7, 11) is 0. The van der Waals surface area contributed by atoms with Crippen molar-refractivity contribution in [2.45, 2.75) is 13.8 Å². The summed E-state index contributed by atoms with van der Waals surface area (Å²) in [6.07, 6.45) is 0. The summed E-state index contributed by atoms with van der Waals surface area (Å²) < 4.78 is 0. The van der Waals surface area contributed by atoms with Crippen LogP contribution in [0.2, 0.25) is 0 Å². The van der Waals surface area contributed by atoms with Gasteiger partial charge in [-0.05, 0) is 32.0 Å². The van der Waals surface area contributed by atoms with Crippen LogP contribution in [0.4, 0.5) is 5.69 Å². The number of benzene rings is 2. The Labute approximate surface area is 130 Å². The van der Waals surface area contributed by atoms with Crippen LogP contribution in [0.15, 0.2) is 48.5 Å². The molecule has 4 nitrogen and oxygen atoms in total. The summed E-state index contributed by atoms with van der Waals surface area (Å²) in [6, 6.07) is 13.7. The summed E-state index contributed by atoms with van der Waals surface area (Å²) in [5.41, 5.74) is 1.60. The highest BCUT2D eigenvalue weighted by atomic mass is 16.4. The van der Waals surface area contributed by atoms with Crippen LogP contribution in [-0.4, -0.2) is 29.9 Å². The van der Waals surface area contributed by atoms with Gasteiger partial charge in [-0.1, -0.05) is 30.3 Å². The Kier molecular flexibility index (Phi) is 4.94. The Morgan fingerprint density at radius 1 is 0.955 bits per heavy atom. The van der Waals surface area contributed by atoms with Crippen LogP contribution in [0.3, 0.4) is 0 Å². The van der Waals surface area contributed by atoms with Crippen molar-refractivity contribution in [3.63, 3.8) is 0 Å². The van der Waals surface area contributed by atoms with E-state index in [2.05, 4.69) is 4.90 Å². The molecule has 2 aromatic rings. The number of carbonyl (C=O) groups is 2. The molecule has 0 aliphatic rings. The number of aromatic carboxylic acids is 1. The fraction of sp³-hybridized carbons (Fsp3) is 0.222. The van der Waals surface area contributed by atoms with Crippen molar-refractivity contribution >= 4 is 17.4 Å². The normalized spacial score (nSPS) is 10.3. The van der Waals surface area contributed by atoms with Crippen molar-refractivity contribution in [1.29, 1.82) is 0 Å². The molecule has 22 heavy (non-hydrogen) atoms. The van der Waals surface area contributed by atoms with Gasteiger partial charge in [0.2, 0.25) is 0 Å². The van der Waals surface area contributed by atoms with Crippen molar-refractivity contribution in [2.75, 3.05) is 18.0 Å². The van der Waals surface area contributed by atoms with Gasteiger partial charge in [0.05, 0.1) is 5.56 Å². The third-order valence-electron chi connectivity index (χ3n) is 3.64. The predicted molar refractivity (Wildman–Crippen MR) is 86.8 cm³/mol. The lowest BCUT2D eigenvalue weighted by molar-refractivity contribution is 0.0693. The maximum Gasteiger partial charge on any atom is 0.336 e. The first-order valence-electron chi connectivity index (χ1n) is 7.30. The van der Waals surface area contributed by atoms with Crippen LogP contribution in [0.25, 0.3) is 0 Å². The highest BCUT2D eigenvalue weighted by Crippen LogP contribution is 2.22. The number of hydrogen-bond donors (Lipinski definition) is 1. The van der Waals surface area contributed by atoms with Gasteiger partial charge < -0.3 is 10.0 Å². The monoisotopic (exact) mass is 297 g/mol. The van der Waals surface area contributed by atoms with E-state index in [0.29, 0.717) is 5.56 Å². The minimum absolute atomic E-state index is 0.0322. The van der Waals surface area contributed by atoms with Crippen molar-refractivity contribution in [2.24, 2.45) is 0 Å². The van der Waals surface area contributed by atoms with E-state index >= 15 is 0 Å². The summed E-state index contributed by atoms with van der Waals surface area (Å²) in [5.74, 6) is -1.36. The third kappa shape index (κ3) is 3.17. The molecule has 0 heterocycles. The third-order valence-corrected chi connectivity index (χ3v) is 3.64. The molecule has 0 unspecified atom stereocenters. The topological polar surface area (TPSA) is 57.6 Å². The Hall–Kier alpha value is -2.62. The molecule has 2 aromatic carbocycles. The zero-order valence-corrected chi connectivity index (χ0v) is 12.7. The van der Waals surface area contributed by atoms with Gasteiger partial charge in [-0.15, -0.1) is 0 Å². The quantitative estimate of drug-likeness (QED) is 0.830. The molecule has 0 aliphatic heterocycles. The molecule has 2 rings (SSSR count). The number of hydrogen-bond acceptors (Lipinski definition) is 3. The fourth-order valence-electron chi connectivity index (χ4n) is 2.44. The van der Waals surface area contributed by atoms with Gasteiger partial charge in [-0.25, -0.2) is 4.79 Å².